The summed E-state index contributed by atoms with van der Waals surface area (Å²) in [4.78, 5) is 4.16. The van der Waals surface area contributed by atoms with Crippen LogP contribution in [0.1, 0.15) is 25.7 Å². The summed E-state index contributed by atoms with van der Waals surface area (Å²) < 4.78 is 0. The average molecular weight is 268 g/mol. The van der Waals surface area contributed by atoms with Crippen LogP contribution in [0, 0.1) is 5.92 Å². The molecule has 1 aromatic heterocycles. The van der Waals surface area contributed by atoms with E-state index in [1.165, 1.54) is 42.1 Å². The number of hydrogen-bond acceptors (Lipinski definition) is 4. The molecule has 1 saturated heterocycles. The second-order valence-corrected chi connectivity index (χ2v) is 5.90. The first kappa shape index (κ1) is 12.1. The molecule has 3 unspecified atom stereocenters. The lowest BCUT2D eigenvalue weighted by atomic mass is 9.84. The lowest BCUT2D eigenvalue weighted by Crippen LogP contribution is -2.38. The normalized spacial score (nSPS) is 29.3. The minimum Gasteiger partial charge on any atom is -0.368 e. The smallest absolute Gasteiger partial charge is 0.0939 e. The van der Waals surface area contributed by atoms with Crippen LogP contribution < -0.4 is 16.2 Å². The maximum Gasteiger partial charge on any atom is 0.0939 e. The topological polar surface area (TPSA) is 49.0 Å². The molecule has 1 aliphatic carbocycles. The fraction of sp³-hybridized carbons (Fsp3) is 0.438. The Balaban J connectivity index is 1.55. The summed E-state index contributed by atoms with van der Waals surface area (Å²) in [5, 5.41) is 6.06. The molecule has 3 atom stereocenters. The molecular formula is C16H20N4. The highest BCUT2D eigenvalue weighted by atomic mass is 15.5. The van der Waals surface area contributed by atoms with E-state index >= 15 is 0 Å². The Morgan fingerprint density at radius 2 is 2.00 bits per heavy atom. The van der Waals surface area contributed by atoms with Crippen LogP contribution in [-0.2, 0) is 0 Å². The quantitative estimate of drug-likeness (QED) is 0.783. The first-order chi connectivity index (χ1) is 9.90. The van der Waals surface area contributed by atoms with Gasteiger partial charge in [0.25, 0.3) is 0 Å². The van der Waals surface area contributed by atoms with E-state index in [4.69, 9.17) is 0 Å². The van der Waals surface area contributed by atoms with Gasteiger partial charge in [0.05, 0.1) is 6.17 Å². The van der Waals surface area contributed by atoms with E-state index in [-0.39, 0.29) is 0 Å². The summed E-state index contributed by atoms with van der Waals surface area (Å²) >= 11 is 0. The Hall–Kier alpha value is -1.65. The maximum atomic E-state index is 4.16. The molecule has 1 saturated carbocycles. The number of hydrazine groups is 1. The molecule has 2 fully saturated rings. The van der Waals surface area contributed by atoms with Gasteiger partial charge in [0.15, 0.2) is 0 Å². The standard InChI is InChI=1S/C16H20N4/c1-2-4-15-14(3-1)16(20-19-15)18-13-6-5-12-10-17-8-7-11(12)9-13/h5-10,14-16,18-20H,1-4H2. The molecule has 4 heteroatoms. The number of fused-ring (bicyclic) bond motifs is 2. The van der Waals surface area contributed by atoms with Gasteiger partial charge in [-0.3, -0.25) is 10.4 Å². The van der Waals surface area contributed by atoms with Gasteiger partial charge in [0, 0.05) is 35.4 Å². The number of nitrogens with one attached hydrogen (secondary N) is 3. The molecule has 4 rings (SSSR count). The molecule has 2 heterocycles. The van der Waals surface area contributed by atoms with Gasteiger partial charge in [-0.05, 0) is 36.4 Å². The van der Waals surface area contributed by atoms with Crippen molar-refractivity contribution in [2.45, 2.75) is 37.9 Å². The van der Waals surface area contributed by atoms with Crippen LogP contribution in [0.3, 0.4) is 0 Å². The third-order valence-corrected chi connectivity index (χ3v) is 4.63. The first-order valence-electron chi connectivity index (χ1n) is 7.51. The van der Waals surface area contributed by atoms with Crippen molar-refractivity contribution in [3.8, 4) is 0 Å². The van der Waals surface area contributed by atoms with Crippen LogP contribution in [0.25, 0.3) is 10.8 Å². The summed E-state index contributed by atoms with van der Waals surface area (Å²) in [6.07, 6.45) is 9.39. The molecule has 1 aliphatic heterocycles. The van der Waals surface area contributed by atoms with Gasteiger partial charge < -0.3 is 5.32 Å². The van der Waals surface area contributed by atoms with E-state index in [1.54, 1.807) is 0 Å². The fourth-order valence-electron chi connectivity index (χ4n) is 3.54. The molecule has 3 N–H and O–H groups in total. The Labute approximate surface area is 118 Å². The Morgan fingerprint density at radius 1 is 1.05 bits per heavy atom. The molecule has 2 aliphatic rings. The zero-order chi connectivity index (χ0) is 13.4. The molecule has 20 heavy (non-hydrogen) atoms. The Kier molecular flexibility index (Phi) is 3.05. The number of rotatable bonds is 2. The van der Waals surface area contributed by atoms with E-state index in [0.29, 0.717) is 18.1 Å². The van der Waals surface area contributed by atoms with E-state index in [2.05, 4.69) is 45.4 Å². The summed E-state index contributed by atoms with van der Waals surface area (Å²) in [6.45, 7) is 0. The van der Waals surface area contributed by atoms with Gasteiger partial charge in [-0.15, -0.1) is 0 Å². The van der Waals surface area contributed by atoms with Crippen molar-refractivity contribution in [2.24, 2.45) is 5.92 Å². The van der Waals surface area contributed by atoms with Crippen molar-refractivity contribution in [3.05, 3.63) is 36.7 Å². The lowest BCUT2D eigenvalue weighted by molar-refractivity contribution is 0.315. The largest absolute Gasteiger partial charge is 0.368 e. The molecule has 1 aromatic carbocycles. The molecule has 104 valence electrons. The number of benzene rings is 1. The van der Waals surface area contributed by atoms with Crippen molar-refractivity contribution < 1.29 is 0 Å². The summed E-state index contributed by atoms with van der Waals surface area (Å²) in [5.41, 5.74) is 8.04. The van der Waals surface area contributed by atoms with Gasteiger partial charge >= 0.3 is 0 Å². The van der Waals surface area contributed by atoms with E-state index in [1.807, 2.05) is 12.4 Å². The molecule has 0 radical (unpaired) electrons. The first-order valence-corrected chi connectivity index (χ1v) is 7.51. The third-order valence-electron chi connectivity index (χ3n) is 4.63. The van der Waals surface area contributed by atoms with Crippen molar-refractivity contribution in [2.75, 3.05) is 5.32 Å². The van der Waals surface area contributed by atoms with Crippen LogP contribution in [0.15, 0.2) is 36.7 Å². The van der Waals surface area contributed by atoms with Crippen LogP contribution in [0.4, 0.5) is 5.69 Å². The number of anilines is 1. The SMILES string of the molecule is c1cc2cc(NC3NNC4CCCCC43)ccc2cn1. The highest BCUT2D eigenvalue weighted by Crippen LogP contribution is 2.31. The fourth-order valence-corrected chi connectivity index (χ4v) is 3.54. The number of nitrogens with zero attached hydrogens (tertiary/aromatic N) is 1. The molecular weight excluding hydrogens is 248 g/mol. The van der Waals surface area contributed by atoms with Crippen molar-refractivity contribution in [3.63, 3.8) is 0 Å². The predicted octanol–water partition coefficient (Wildman–Crippen LogP) is 2.64. The molecule has 4 nitrogen and oxygen atoms in total. The molecule has 0 bridgehead atoms. The Morgan fingerprint density at radius 3 is 3.00 bits per heavy atom. The monoisotopic (exact) mass is 268 g/mol. The van der Waals surface area contributed by atoms with Gasteiger partial charge in [-0.1, -0.05) is 18.9 Å². The Bertz CT molecular complexity index is 612. The van der Waals surface area contributed by atoms with Crippen molar-refractivity contribution >= 4 is 16.5 Å². The van der Waals surface area contributed by atoms with Crippen molar-refractivity contribution in [1.82, 2.24) is 15.8 Å². The van der Waals surface area contributed by atoms with Gasteiger partial charge in [0.1, 0.15) is 0 Å². The number of hydrogen-bond donors (Lipinski definition) is 3. The van der Waals surface area contributed by atoms with Crippen LogP contribution >= 0.6 is 0 Å². The van der Waals surface area contributed by atoms with Gasteiger partial charge in [-0.25, -0.2) is 5.43 Å². The van der Waals surface area contributed by atoms with Crippen molar-refractivity contribution in [1.29, 1.82) is 0 Å². The summed E-state index contributed by atoms with van der Waals surface area (Å²) in [6, 6.07) is 9.16. The highest BCUT2D eigenvalue weighted by Gasteiger charge is 2.36. The van der Waals surface area contributed by atoms with E-state index in [0.717, 1.165) is 0 Å². The number of pyridine rings is 1. The lowest BCUT2D eigenvalue weighted by Gasteiger charge is -2.28. The number of aromatic nitrogens is 1. The second kappa shape index (κ2) is 5.04. The molecule has 2 aromatic rings. The maximum absolute atomic E-state index is 4.16. The highest BCUT2D eigenvalue weighted by molar-refractivity contribution is 5.84. The zero-order valence-corrected chi connectivity index (χ0v) is 11.5. The minimum absolute atomic E-state index is 0.333. The van der Waals surface area contributed by atoms with Crippen LogP contribution in [0.2, 0.25) is 0 Å². The zero-order valence-electron chi connectivity index (χ0n) is 11.5. The summed E-state index contributed by atoms with van der Waals surface area (Å²) in [5.74, 6) is 0.692. The van der Waals surface area contributed by atoms with Crippen LogP contribution in [-0.4, -0.2) is 17.2 Å². The van der Waals surface area contributed by atoms with E-state index in [9.17, 15) is 0 Å². The predicted molar refractivity (Wildman–Crippen MR) is 81.2 cm³/mol. The molecule has 0 amide bonds. The van der Waals surface area contributed by atoms with Gasteiger partial charge in [0.2, 0.25) is 0 Å². The van der Waals surface area contributed by atoms with Gasteiger partial charge in [-0.2, -0.15) is 0 Å². The third kappa shape index (κ3) is 2.15. The van der Waals surface area contributed by atoms with E-state index < -0.39 is 0 Å². The van der Waals surface area contributed by atoms with Crippen LogP contribution in [0.5, 0.6) is 0 Å². The summed E-state index contributed by atoms with van der Waals surface area (Å²) in [7, 11) is 0. The minimum atomic E-state index is 0.333. The molecule has 0 spiro atoms. The second-order valence-electron chi connectivity index (χ2n) is 5.90. The average Bonchev–Trinajstić information content (AvgIpc) is 2.91.